The van der Waals surface area contributed by atoms with Crippen LogP contribution < -0.4 is 14.9 Å². The highest BCUT2D eigenvalue weighted by atomic mass is 35.5. The minimum Gasteiger partial charge on any atom is -0.495 e. The molecule has 4 aromatic rings. The Hall–Kier alpha value is -4.14. The molecule has 2 aliphatic rings. The van der Waals surface area contributed by atoms with Crippen molar-refractivity contribution in [1.29, 1.82) is 0 Å². The number of imide groups is 1. The van der Waals surface area contributed by atoms with E-state index in [9.17, 15) is 14.4 Å². The van der Waals surface area contributed by atoms with Gasteiger partial charge in [0.15, 0.2) is 5.76 Å². The SMILES string of the molecule is COc1ccc(-c2oc3c(C4CCN(CCN5C(=O)c6ccccc6C5=O)CC4)cc(C)cc3c(=O)c2OC)cc1Cl. The first kappa shape index (κ1) is 28.0. The van der Waals surface area contributed by atoms with Gasteiger partial charge in [0.05, 0.1) is 35.8 Å². The predicted octanol–water partition coefficient (Wildman–Crippen LogP) is 5.91. The number of rotatable bonds is 7. The van der Waals surface area contributed by atoms with Crippen LogP contribution in [-0.4, -0.2) is 62.0 Å². The molecule has 8 nitrogen and oxygen atoms in total. The number of methoxy groups -OCH3 is 2. The summed E-state index contributed by atoms with van der Waals surface area (Å²) in [5.41, 5.74) is 3.85. The lowest BCUT2D eigenvalue weighted by atomic mass is 9.87. The lowest BCUT2D eigenvalue weighted by molar-refractivity contribution is 0.0629. The van der Waals surface area contributed by atoms with E-state index in [2.05, 4.69) is 11.0 Å². The Bertz CT molecular complexity index is 1740. The molecule has 1 fully saturated rings. The number of ether oxygens (including phenoxy) is 2. The lowest BCUT2D eigenvalue weighted by Gasteiger charge is -2.33. The monoisotopic (exact) mass is 586 g/mol. The quantitative estimate of drug-likeness (QED) is 0.249. The molecule has 1 aromatic heterocycles. The summed E-state index contributed by atoms with van der Waals surface area (Å²) < 4.78 is 17.3. The molecule has 216 valence electrons. The average Bonchev–Trinajstić information content (AvgIpc) is 3.25. The van der Waals surface area contributed by atoms with E-state index in [1.807, 2.05) is 13.0 Å². The Balaban J connectivity index is 1.24. The summed E-state index contributed by atoms with van der Waals surface area (Å²) in [7, 11) is 3.00. The van der Waals surface area contributed by atoms with Gasteiger partial charge in [-0.05, 0) is 86.3 Å². The van der Waals surface area contributed by atoms with E-state index >= 15 is 0 Å². The first-order chi connectivity index (χ1) is 20.3. The topological polar surface area (TPSA) is 89.3 Å². The molecular weight excluding hydrogens is 556 g/mol. The van der Waals surface area contributed by atoms with Crippen molar-refractivity contribution in [3.63, 3.8) is 0 Å². The summed E-state index contributed by atoms with van der Waals surface area (Å²) in [4.78, 5) is 42.8. The summed E-state index contributed by atoms with van der Waals surface area (Å²) in [5, 5.41) is 0.885. The Morgan fingerprint density at radius 3 is 2.21 bits per heavy atom. The van der Waals surface area contributed by atoms with E-state index in [1.165, 1.54) is 12.0 Å². The third-order valence-corrected chi connectivity index (χ3v) is 8.58. The second kappa shape index (κ2) is 11.3. The van der Waals surface area contributed by atoms with Gasteiger partial charge in [0, 0.05) is 18.7 Å². The van der Waals surface area contributed by atoms with Gasteiger partial charge in [0.2, 0.25) is 11.2 Å². The smallest absolute Gasteiger partial charge is 0.261 e. The first-order valence-electron chi connectivity index (χ1n) is 14.0. The van der Waals surface area contributed by atoms with Gasteiger partial charge in [-0.1, -0.05) is 29.8 Å². The largest absolute Gasteiger partial charge is 0.495 e. The molecule has 3 heterocycles. The standard InChI is InChI=1S/C33H31ClN2O6/c1-19-16-24(20-10-12-35(13-11-20)14-15-36-32(38)22-6-4-5-7-23(22)33(36)39)30-25(17-19)28(37)31(41-3)29(42-30)21-8-9-27(40-2)26(34)18-21/h4-9,16-18,20H,10-15H2,1-3H3. The molecule has 0 aliphatic carbocycles. The highest BCUT2D eigenvalue weighted by Gasteiger charge is 2.35. The van der Waals surface area contributed by atoms with Gasteiger partial charge in [0.1, 0.15) is 11.3 Å². The van der Waals surface area contributed by atoms with Crippen molar-refractivity contribution < 1.29 is 23.5 Å². The molecule has 9 heteroatoms. The molecule has 2 amide bonds. The number of piperidine rings is 1. The summed E-state index contributed by atoms with van der Waals surface area (Å²) in [6, 6.07) is 16.1. The number of hydrogen-bond donors (Lipinski definition) is 0. The summed E-state index contributed by atoms with van der Waals surface area (Å²) in [6.45, 7) is 4.53. The molecule has 0 N–H and O–H groups in total. The van der Waals surface area contributed by atoms with Crippen molar-refractivity contribution in [2.45, 2.75) is 25.7 Å². The lowest BCUT2D eigenvalue weighted by Crippen LogP contribution is -2.41. The zero-order chi connectivity index (χ0) is 29.5. The maximum atomic E-state index is 13.6. The molecule has 42 heavy (non-hydrogen) atoms. The zero-order valence-corrected chi connectivity index (χ0v) is 24.5. The number of aryl methyl sites for hydroxylation is 1. The first-order valence-corrected chi connectivity index (χ1v) is 14.3. The van der Waals surface area contributed by atoms with E-state index in [4.69, 9.17) is 25.5 Å². The van der Waals surface area contributed by atoms with Gasteiger partial charge < -0.3 is 18.8 Å². The normalized spacial score (nSPS) is 15.9. The molecule has 0 unspecified atom stereocenters. The van der Waals surface area contributed by atoms with E-state index < -0.39 is 0 Å². The van der Waals surface area contributed by atoms with Crippen molar-refractivity contribution in [3.8, 4) is 22.8 Å². The molecule has 1 saturated heterocycles. The van der Waals surface area contributed by atoms with Crippen molar-refractivity contribution in [2.75, 3.05) is 40.4 Å². The van der Waals surface area contributed by atoms with Gasteiger partial charge in [0.25, 0.3) is 11.8 Å². The Morgan fingerprint density at radius 1 is 0.905 bits per heavy atom. The van der Waals surface area contributed by atoms with Gasteiger partial charge in [-0.25, -0.2) is 0 Å². The zero-order valence-electron chi connectivity index (χ0n) is 23.7. The summed E-state index contributed by atoms with van der Waals surface area (Å²) >= 11 is 6.40. The van der Waals surface area contributed by atoms with E-state index in [0.29, 0.717) is 57.3 Å². The third kappa shape index (κ3) is 4.84. The van der Waals surface area contributed by atoms with Crippen LogP contribution in [-0.2, 0) is 0 Å². The van der Waals surface area contributed by atoms with Gasteiger partial charge in [-0.2, -0.15) is 0 Å². The fourth-order valence-corrected chi connectivity index (χ4v) is 6.35. The van der Waals surface area contributed by atoms with Crippen LogP contribution in [0.15, 0.2) is 63.8 Å². The molecule has 0 bridgehead atoms. The highest BCUT2D eigenvalue weighted by Crippen LogP contribution is 2.39. The van der Waals surface area contributed by atoms with Crippen LogP contribution in [0, 0.1) is 6.92 Å². The second-order valence-corrected chi connectivity index (χ2v) is 11.2. The summed E-state index contributed by atoms with van der Waals surface area (Å²) in [6.07, 6.45) is 1.69. The fourth-order valence-electron chi connectivity index (χ4n) is 6.10. The minimum absolute atomic E-state index is 0.128. The maximum Gasteiger partial charge on any atom is 0.261 e. The number of benzene rings is 3. The third-order valence-electron chi connectivity index (χ3n) is 8.29. The van der Waals surface area contributed by atoms with Crippen LogP contribution in [0.2, 0.25) is 5.02 Å². The number of carbonyl (C=O) groups excluding carboxylic acids is 2. The number of amides is 2. The minimum atomic E-state index is -0.232. The Labute approximate surface area is 248 Å². The Kier molecular flexibility index (Phi) is 7.51. The van der Waals surface area contributed by atoms with Crippen LogP contribution in [0.25, 0.3) is 22.3 Å². The molecule has 0 radical (unpaired) electrons. The van der Waals surface area contributed by atoms with E-state index in [1.54, 1.807) is 49.6 Å². The van der Waals surface area contributed by atoms with Crippen molar-refractivity contribution in [1.82, 2.24) is 9.80 Å². The van der Waals surface area contributed by atoms with Crippen LogP contribution >= 0.6 is 11.6 Å². The molecular formula is C33H31ClN2O6. The van der Waals surface area contributed by atoms with E-state index in [-0.39, 0.29) is 28.9 Å². The molecule has 0 spiro atoms. The van der Waals surface area contributed by atoms with Crippen LogP contribution in [0.4, 0.5) is 0 Å². The van der Waals surface area contributed by atoms with Crippen molar-refractivity contribution in [2.24, 2.45) is 0 Å². The molecule has 0 saturated carbocycles. The fraction of sp³-hybridized carbons (Fsp3) is 0.303. The highest BCUT2D eigenvalue weighted by molar-refractivity contribution is 6.32. The van der Waals surface area contributed by atoms with Crippen LogP contribution in [0.1, 0.15) is 50.6 Å². The molecule has 0 atom stereocenters. The summed E-state index contributed by atoms with van der Waals surface area (Å²) in [5.74, 6) is 0.693. The number of halogens is 1. The Morgan fingerprint density at radius 2 is 1.60 bits per heavy atom. The van der Waals surface area contributed by atoms with Crippen molar-refractivity contribution >= 4 is 34.4 Å². The average molecular weight is 587 g/mol. The number of nitrogens with zero attached hydrogens (tertiary/aromatic N) is 2. The van der Waals surface area contributed by atoms with Crippen molar-refractivity contribution in [3.05, 3.63) is 92.1 Å². The van der Waals surface area contributed by atoms with Gasteiger partial charge in [-0.15, -0.1) is 0 Å². The number of likely N-dealkylation sites (tertiary alicyclic amines) is 1. The predicted molar refractivity (Wildman–Crippen MR) is 161 cm³/mol. The van der Waals surface area contributed by atoms with E-state index in [0.717, 1.165) is 37.1 Å². The molecule has 3 aromatic carbocycles. The number of hydrogen-bond acceptors (Lipinski definition) is 7. The second-order valence-electron chi connectivity index (χ2n) is 10.8. The van der Waals surface area contributed by atoms with Gasteiger partial charge in [-0.3, -0.25) is 19.3 Å². The number of carbonyl (C=O) groups is 2. The molecule has 2 aliphatic heterocycles. The van der Waals surface area contributed by atoms with Gasteiger partial charge >= 0.3 is 0 Å². The van der Waals surface area contributed by atoms with Crippen LogP contribution in [0.5, 0.6) is 11.5 Å². The molecule has 6 rings (SSSR count). The van der Waals surface area contributed by atoms with Crippen LogP contribution in [0.3, 0.4) is 0 Å². The number of fused-ring (bicyclic) bond motifs is 2. The maximum absolute atomic E-state index is 13.6.